The first-order chi connectivity index (χ1) is 15.4. The standard InChI is InChI=1S/C24H39N5O4/c1-7-24(5,6)26-14-19(30)29-20(15(2)3)23(33)28-18(13-17-11-9-8-10-12-17)22(32)27-16(4)21(25)31/h8-12,15-16,18,20,26H,7,13-14H2,1-6H3,(H2,25,31)(H,27,32)(H,28,33)(H,29,30)/t16-,18-,20-/m0/s1. The lowest BCUT2D eigenvalue weighted by atomic mass is 10.0. The average molecular weight is 462 g/mol. The monoisotopic (exact) mass is 461 g/mol. The second kappa shape index (κ2) is 12.9. The molecule has 9 heteroatoms. The van der Waals surface area contributed by atoms with Gasteiger partial charge in [0.2, 0.25) is 23.6 Å². The van der Waals surface area contributed by atoms with E-state index in [4.69, 9.17) is 5.73 Å². The van der Waals surface area contributed by atoms with Crippen LogP contribution in [0, 0.1) is 5.92 Å². The summed E-state index contributed by atoms with van der Waals surface area (Å²) in [6, 6.07) is 6.53. The van der Waals surface area contributed by atoms with Crippen molar-refractivity contribution in [3.63, 3.8) is 0 Å². The topological polar surface area (TPSA) is 142 Å². The zero-order valence-electron chi connectivity index (χ0n) is 20.5. The largest absolute Gasteiger partial charge is 0.368 e. The molecule has 1 rings (SSSR count). The highest BCUT2D eigenvalue weighted by atomic mass is 16.2. The van der Waals surface area contributed by atoms with Gasteiger partial charge in [0.15, 0.2) is 0 Å². The fourth-order valence-electron chi connectivity index (χ4n) is 2.91. The van der Waals surface area contributed by atoms with Crippen LogP contribution in [0.15, 0.2) is 30.3 Å². The maximum atomic E-state index is 13.1. The van der Waals surface area contributed by atoms with E-state index in [0.717, 1.165) is 12.0 Å². The van der Waals surface area contributed by atoms with E-state index >= 15 is 0 Å². The van der Waals surface area contributed by atoms with Crippen molar-refractivity contribution in [2.45, 2.75) is 78.0 Å². The van der Waals surface area contributed by atoms with E-state index in [1.807, 2.05) is 65.0 Å². The van der Waals surface area contributed by atoms with Gasteiger partial charge in [0.05, 0.1) is 6.54 Å². The van der Waals surface area contributed by atoms with Crippen LogP contribution in [0.5, 0.6) is 0 Å². The molecule has 0 fully saturated rings. The van der Waals surface area contributed by atoms with Gasteiger partial charge in [0.25, 0.3) is 0 Å². The molecule has 9 nitrogen and oxygen atoms in total. The van der Waals surface area contributed by atoms with Crippen molar-refractivity contribution >= 4 is 23.6 Å². The van der Waals surface area contributed by atoms with Crippen LogP contribution in [-0.4, -0.2) is 53.8 Å². The summed E-state index contributed by atoms with van der Waals surface area (Å²) in [6.45, 7) is 11.2. The number of carbonyl (C=O) groups is 4. The van der Waals surface area contributed by atoms with Crippen molar-refractivity contribution in [2.75, 3.05) is 6.54 Å². The molecule has 3 atom stereocenters. The maximum absolute atomic E-state index is 13.1. The molecule has 0 aromatic heterocycles. The molecule has 0 saturated heterocycles. The first-order valence-corrected chi connectivity index (χ1v) is 11.3. The number of nitrogens with one attached hydrogen (secondary N) is 4. The van der Waals surface area contributed by atoms with Crippen molar-refractivity contribution < 1.29 is 19.2 Å². The van der Waals surface area contributed by atoms with Gasteiger partial charge in [-0.2, -0.15) is 0 Å². The predicted octanol–water partition coefficient (Wildman–Crippen LogP) is 0.623. The minimum Gasteiger partial charge on any atom is -0.368 e. The molecule has 1 aromatic rings. The SMILES string of the molecule is CCC(C)(C)NCC(=O)N[C@H](C(=O)N[C@@H](Cc1ccccc1)C(=O)N[C@@H](C)C(N)=O)C(C)C. The zero-order valence-corrected chi connectivity index (χ0v) is 20.5. The second-order valence-corrected chi connectivity index (χ2v) is 9.26. The molecule has 6 N–H and O–H groups in total. The van der Waals surface area contributed by atoms with Gasteiger partial charge in [-0.15, -0.1) is 0 Å². The summed E-state index contributed by atoms with van der Waals surface area (Å²) >= 11 is 0. The van der Waals surface area contributed by atoms with Crippen molar-refractivity contribution in [1.82, 2.24) is 21.3 Å². The molecular weight excluding hydrogens is 422 g/mol. The van der Waals surface area contributed by atoms with Crippen LogP contribution in [0.4, 0.5) is 0 Å². The molecule has 0 aliphatic rings. The predicted molar refractivity (Wildman–Crippen MR) is 128 cm³/mol. The van der Waals surface area contributed by atoms with Gasteiger partial charge in [0.1, 0.15) is 18.1 Å². The normalized spacial score (nSPS) is 14.2. The van der Waals surface area contributed by atoms with Gasteiger partial charge in [-0.05, 0) is 38.7 Å². The highest BCUT2D eigenvalue weighted by molar-refractivity contribution is 5.94. The van der Waals surface area contributed by atoms with E-state index in [2.05, 4.69) is 21.3 Å². The van der Waals surface area contributed by atoms with E-state index in [9.17, 15) is 19.2 Å². The second-order valence-electron chi connectivity index (χ2n) is 9.26. The molecule has 0 bridgehead atoms. The highest BCUT2D eigenvalue weighted by Gasteiger charge is 2.30. The third-order valence-corrected chi connectivity index (χ3v) is 5.58. The van der Waals surface area contributed by atoms with Crippen LogP contribution in [-0.2, 0) is 25.6 Å². The minimum absolute atomic E-state index is 0.0708. The third kappa shape index (κ3) is 10.0. The average Bonchev–Trinajstić information content (AvgIpc) is 2.75. The van der Waals surface area contributed by atoms with Gasteiger partial charge in [-0.1, -0.05) is 51.1 Å². The van der Waals surface area contributed by atoms with E-state index in [1.165, 1.54) is 6.92 Å². The first-order valence-electron chi connectivity index (χ1n) is 11.3. The van der Waals surface area contributed by atoms with Crippen molar-refractivity contribution in [1.29, 1.82) is 0 Å². The van der Waals surface area contributed by atoms with Gasteiger partial charge < -0.3 is 27.0 Å². The molecule has 1 aromatic carbocycles. The van der Waals surface area contributed by atoms with Crippen LogP contribution < -0.4 is 27.0 Å². The summed E-state index contributed by atoms with van der Waals surface area (Å²) < 4.78 is 0. The number of hydrogen-bond acceptors (Lipinski definition) is 5. The van der Waals surface area contributed by atoms with E-state index in [-0.39, 0.29) is 30.3 Å². The summed E-state index contributed by atoms with van der Waals surface area (Å²) in [4.78, 5) is 49.8. The summed E-state index contributed by atoms with van der Waals surface area (Å²) in [6.07, 6.45) is 1.06. The molecule has 0 aliphatic heterocycles. The molecule has 184 valence electrons. The van der Waals surface area contributed by atoms with E-state index in [0.29, 0.717) is 0 Å². The maximum Gasteiger partial charge on any atom is 0.243 e. The summed E-state index contributed by atoms with van der Waals surface area (Å²) in [5.74, 6) is -2.20. The van der Waals surface area contributed by atoms with Crippen molar-refractivity contribution in [2.24, 2.45) is 11.7 Å². The number of amides is 4. The fourth-order valence-corrected chi connectivity index (χ4v) is 2.91. The van der Waals surface area contributed by atoms with E-state index in [1.54, 1.807) is 0 Å². The Labute approximate surface area is 196 Å². The van der Waals surface area contributed by atoms with Crippen LogP contribution in [0.2, 0.25) is 0 Å². The first kappa shape index (κ1) is 28.1. The van der Waals surface area contributed by atoms with Crippen LogP contribution in [0.3, 0.4) is 0 Å². The molecule has 4 amide bonds. The Morgan fingerprint density at radius 2 is 1.55 bits per heavy atom. The Morgan fingerprint density at radius 1 is 0.939 bits per heavy atom. The van der Waals surface area contributed by atoms with Crippen LogP contribution >= 0.6 is 0 Å². The lowest BCUT2D eigenvalue weighted by molar-refractivity contribution is -0.133. The lowest BCUT2D eigenvalue weighted by Crippen LogP contribution is -2.58. The minimum atomic E-state index is -0.947. The molecule has 0 radical (unpaired) electrons. The smallest absolute Gasteiger partial charge is 0.243 e. The Morgan fingerprint density at radius 3 is 2.06 bits per heavy atom. The molecule has 33 heavy (non-hydrogen) atoms. The number of benzene rings is 1. The summed E-state index contributed by atoms with van der Waals surface area (Å²) in [5.41, 5.74) is 5.88. The molecule has 0 spiro atoms. The van der Waals surface area contributed by atoms with Gasteiger partial charge in [-0.3, -0.25) is 19.2 Å². The number of hydrogen-bond donors (Lipinski definition) is 5. The van der Waals surface area contributed by atoms with Crippen molar-refractivity contribution in [3.8, 4) is 0 Å². The molecule has 0 aliphatic carbocycles. The number of primary amides is 1. The summed E-state index contributed by atoms with van der Waals surface area (Å²) in [5, 5.41) is 11.2. The number of nitrogens with two attached hydrogens (primary N) is 1. The van der Waals surface area contributed by atoms with Crippen LogP contribution in [0.25, 0.3) is 0 Å². The Kier molecular flexibility index (Phi) is 11.0. The van der Waals surface area contributed by atoms with Gasteiger partial charge in [-0.25, -0.2) is 0 Å². The molecule has 0 unspecified atom stereocenters. The third-order valence-electron chi connectivity index (χ3n) is 5.58. The summed E-state index contributed by atoms with van der Waals surface area (Å²) in [7, 11) is 0. The Hall–Kier alpha value is -2.94. The Balaban J connectivity index is 2.94. The molecule has 0 heterocycles. The molecular formula is C24H39N5O4. The van der Waals surface area contributed by atoms with Gasteiger partial charge >= 0.3 is 0 Å². The zero-order chi connectivity index (χ0) is 25.2. The molecule has 0 saturated carbocycles. The lowest BCUT2D eigenvalue weighted by Gasteiger charge is -2.27. The van der Waals surface area contributed by atoms with Gasteiger partial charge in [0, 0.05) is 12.0 Å². The fraction of sp³-hybridized carbons (Fsp3) is 0.583. The quantitative estimate of drug-likeness (QED) is 0.293. The number of carbonyl (C=O) groups excluding carboxylic acids is 4. The van der Waals surface area contributed by atoms with Crippen molar-refractivity contribution in [3.05, 3.63) is 35.9 Å². The highest BCUT2D eigenvalue weighted by Crippen LogP contribution is 2.08. The number of rotatable bonds is 13. The van der Waals surface area contributed by atoms with Crippen LogP contribution in [0.1, 0.15) is 53.5 Å². The van der Waals surface area contributed by atoms with E-state index < -0.39 is 35.8 Å². The Bertz CT molecular complexity index is 810.